The second-order valence-electron chi connectivity index (χ2n) is 6.93. The lowest BCUT2D eigenvalue weighted by Crippen LogP contribution is -2.34. The van der Waals surface area contributed by atoms with Crippen LogP contribution in [0, 0.1) is 5.92 Å². The lowest BCUT2D eigenvalue weighted by Gasteiger charge is -2.31. The van der Waals surface area contributed by atoms with E-state index in [0.717, 1.165) is 30.3 Å². The zero-order valence-corrected chi connectivity index (χ0v) is 14.6. The molecular formula is C19H24N6. The molecule has 1 fully saturated rings. The monoisotopic (exact) mass is 336 g/mol. The molecule has 0 amide bonds. The Kier molecular flexibility index (Phi) is 4.61. The average molecular weight is 336 g/mol. The van der Waals surface area contributed by atoms with Crippen LogP contribution in [0.2, 0.25) is 0 Å². The fraction of sp³-hybridized carbons (Fsp3) is 0.421. The highest BCUT2D eigenvalue weighted by Gasteiger charge is 2.17. The van der Waals surface area contributed by atoms with Crippen molar-refractivity contribution in [1.29, 1.82) is 0 Å². The van der Waals surface area contributed by atoms with Gasteiger partial charge in [-0.25, -0.2) is 15.0 Å². The van der Waals surface area contributed by atoms with Gasteiger partial charge >= 0.3 is 0 Å². The molecule has 3 aromatic rings. The van der Waals surface area contributed by atoms with Gasteiger partial charge in [-0.15, -0.1) is 0 Å². The Labute approximate surface area is 147 Å². The Hall–Kier alpha value is -2.47. The standard InChI is InChI=1S/C19H24N6/c1-14-5-4-8-25(10-14)11-16-7-3-2-6-15(16)9-20-18-17-19(22-12-21-17)24-13-23-18/h2-3,6-7,12-14H,4-5,8-11H2,1H3,(H2,20,21,22,23,24). The van der Waals surface area contributed by atoms with Gasteiger partial charge in [0.15, 0.2) is 11.5 Å². The Morgan fingerprint density at radius 3 is 2.96 bits per heavy atom. The number of hydrogen-bond donors (Lipinski definition) is 2. The molecule has 1 aliphatic heterocycles. The van der Waals surface area contributed by atoms with E-state index < -0.39 is 0 Å². The summed E-state index contributed by atoms with van der Waals surface area (Å²) in [4.78, 5) is 18.4. The van der Waals surface area contributed by atoms with Crippen molar-refractivity contribution < 1.29 is 0 Å². The van der Waals surface area contributed by atoms with Crippen molar-refractivity contribution in [2.24, 2.45) is 5.92 Å². The Bertz CT molecular complexity index is 843. The molecule has 130 valence electrons. The van der Waals surface area contributed by atoms with Crippen molar-refractivity contribution in [2.45, 2.75) is 32.9 Å². The van der Waals surface area contributed by atoms with Crippen molar-refractivity contribution in [3.8, 4) is 0 Å². The van der Waals surface area contributed by atoms with Crippen molar-refractivity contribution in [2.75, 3.05) is 18.4 Å². The molecule has 2 N–H and O–H groups in total. The first-order valence-electron chi connectivity index (χ1n) is 8.96. The van der Waals surface area contributed by atoms with E-state index in [1.807, 2.05) is 0 Å². The van der Waals surface area contributed by atoms with Gasteiger partial charge in [0.1, 0.15) is 11.8 Å². The molecule has 1 atom stereocenters. The largest absolute Gasteiger partial charge is 0.364 e. The van der Waals surface area contributed by atoms with Gasteiger partial charge in [0.05, 0.1) is 6.33 Å². The summed E-state index contributed by atoms with van der Waals surface area (Å²) in [7, 11) is 0. The number of nitrogens with zero attached hydrogens (tertiary/aromatic N) is 4. The lowest BCUT2D eigenvalue weighted by atomic mass is 9.99. The predicted molar refractivity (Wildman–Crippen MR) is 99.1 cm³/mol. The summed E-state index contributed by atoms with van der Waals surface area (Å²) in [5.74, 6) is 1.60. The minimum atomic E-state index is 0.688. The van der Waals surface area contributed by atoms with E-state index in [9.17, 15) is 0 Å². The van der Waals surface area contributed by atoms with Crippen LogP contribution in [0.25, 0.3) is 11.2 Å². The van der Waals surface area contributed by atoms with Crippen molar-refractivity contribution in [3.63, 3.8) is 0 Å². The number of rotatable bonds is 5. The highest BCUT2D eigenvalue weighted by molar-refractivity contribution is 5.81. The van der Waals surface area contributed by atoms with Crippen LogP contribution in [0.1, 0.15) is 30.9 Å². The second-order valence-corrected chi connectivity index (χ2v) is 6.93. The van der Waals surface area contributed by atoms with Crippen LogP contribution in [0.5, 0.6) is 0 Å². The topological polar surface area (TPSA) is 69.7 Å². The highest BCUT2D eigenvalue weighted by Crippen LogP contribution is 2.21. The maximum Gasteiger partial charge on any atom is 0.182 e. The molecule has 6 heteroatoms. The van der Waals surface area contributed by atoms with Crippen molar-refractivity contribution in [1.82, 2.24) is 24.8 Å². The summed E-state index contributed by atoms with van der Waals surface area (Å²) >= 11 is 0. The number of fused-ring (bicyclic) bond motifs is 1. The first-order valence-corrected chi connectivity index (χ1v) is 8.96. The zero-order chi connectivity index (χ0) is 17.1. The molecule has 1 unspecified atom stereocenters. The van der Waals surface area contributed by atoms with Gasteiger partial charge in [0, 0.05) is 19.6 Å². The van der Waals surface area contributed by atoms with Crippen molar-refractivity contribution >= 4 is 17.0 Å². The molecule has 1 aromatic carbocycles. The molecule has 1 aliphatic rings. The minimum absolute atomic E-state index is 0.688. The zero-order valence-electron chi connectivity index (χ0n) is 14.6. The summed E-state index contributed by atoms with van der Waals surface area (Å²) in [5.41, 5.74) is 4.24. The van der Waals surface area contributed by atoms with E-state index in [1.165, 1.54) is 37.1 Å². The summed E-state index contributed by atoms with van der Waals surface area (Å²) < 4.78 is 0. The fourth-order valence-electron chi connectivity index (χ4n) is 3.63. The molecule has 0 radical (unpaired) electrons. The van der Waals surface area contributed by atoms with Crippen LogP contribution in [-0.2, 0) is 13.1 Å². The first-order chi connectivity index (χ1) is 12.3. The number of aromatic nitrogens is 4. The van der Waals surface area contributed by atoms with Gasteiger partial charge in [-0.3, -0.25) is 4.90 Å². The number of piperidine rings is 1. The van der Waals surface area contributed by atoms with Crippen LogP contribution >= 0.6 is 0 Å². The average Bonchev–Trinajstić information content (AvgIpc) is 3.10. The number of H-pyrrole nitrogens is 1. The summed E-state index contributed by atoms with van der Waals surface area (Å²) in [6.45, 7) is 6.51. The SMILES string of the molecule is CC1CCCN(Cc2ccccc2CNc2ncnc3nc[nH]c23)C1. The Balaban J connectivity index is 1.48. The molecule has 6 nitrogen and oxygen atoms in total. The number of aromatic amines is 1. The van der Waals surface area contributed by atoms with Gasteiger partial charge in [-0.05, 0) is 36.4 Å². The smallest absolute Gasteiger partial charge is 0.182 e. The van der Waals surface area contributed by atoms with Gasteiger partial charge in [0.25, 0.3) is 0 Å². The van der Waals surface area contributed by atoms with Gasteiger partial charge < -0.3 is 10.3 Å². The van der Waals surface area contributed by atoms with Crippen LogP contribution in [0.3, 0.4) is 0 Å². The highest BCUT2D eigenvalue weighted by atomic mass is 15.1. The van der Waals surface area contributed by atoms with Crippen LogP contribution < -0.4 is 5.32 Å². The number of imidazole rings is 1. The fourth-order valence-corrected chi connectivity index (χ4v) is 3.63. The molecular weight excluding hydrogens is 312 g/mol. The van der Waals surface area contributed by atoms with E-state index in [0.29, 0.717) is 5.65 Å². The molecule has 25 heavy (non-hydrogen) atoms. The third kappa shape index (κ3) is 3.64. The molecule has 0 bridgehead atoms. The summed E-state index contributed by atoms with van der Waals surface area (Å²) in [6.07, 6.45) is 5.86. The van der Waals surface area contributed by atoms with Crippen LogP contribution in [0.4, 0.5) is 5.82 Å². The van der Waals surface area contributed by atoms with E-state index in [1.54, 1.807) is 12.7 Å². The number of anilines is 1. The molecule has 3 heterocycles. The van der Waals surface area contributed by atoms with E-state index in [-0.39, 0.29) is 0 Å². The van der Waals surface area contributed by atoms with Crippen molar-refractivity contribution in [3.05, 3.63) is 48.0 Å². The lowest BCUT2D eigenvalue weighted by molar-refractivity contribution is 0.176. The predicted octanol–water partition coefficient (Wildman–Crippen LogP) is 3.20. The third-order valence-electron chi connectivity index (χ3n) is 4.92. The van der Waals surface area contributed by atoms with E-state index >= 15 is 0 Å². The minimum Gasteiger partial charge on any atom is -0.364 e. The molecule has 4 rings (SSSR count). The van der Waals surface area contributed by atoms with Gasteiger partial charge in [0.2, 0.25) is 0 Å². The number of benzene rings is 1. The number of hydrogen-bond acceptors (Lipinski definition) is 5. The molecule has 0 spiro atoms. The van der Waals surface area contributed by atoms with E-state index in [2.05, 4.69) is 61.3 Å². The second kappa shape index (κ2) is 7.19. The Morgan fingerprint density at radius 1 is 1.20 bits per heavy atom. The van der Waals surface area contributed by atoms with Crippen LogP contribution in [0.15, 0.2) is 36.9 Å². The number of nitrogens with one attached hydrogen (secondary N) is 2. The first kappa shape index (κ1) is 16.0. The van der Waals surface area contributed by atoms with E-state index in [4.69, 9.17) is 0 Å². The maximum absolute atomic E-state index is 4.35. The summed E-state index contributed by atoms with van der Waals surface area (Å²) in [6, 6.07) is 8.66. The summed E-state index contributed by atoms with van der Waals surface area (Å²) in [5, 5.41) is 3.44. The third-order valence-corrected chi connectivity index (χ3v) is 4.92. The quantitative estimate of drug-likeness (QED) is 0.749. The molecule has 0 saturated carbocycles. The number of likely N-dealkylation sites (tertiary alicyclic amines) is 1. The maximum atomic E-state index is 4.35. The molecule has 2 aromatic heterocycles. The van der Waals surface area contributed by atoms with Gasteiger partial charge in [-0.2, -0.15) is 0 Å². The molecule has 0 aliphatic carbocycles. The Morgan fingerprint density at radius 2 is 2.08 bits per heavy atom. The molecule has 1 saturated heterocycles. The van der Waals surface area contributed by atoms with Crippen LogP contribution in [-0.4, -0.2) is 37.9 Å². The van der Waals surface area contributed by atoms with Gasteiger partial charge in [-0.1, -0.05) is 31.2 Å². The normalized spacial score (nSPS) is 18.5.